The fourth-order valence-corrected chi connectivity index (χ4v) is 4.56. The molecule has 1 amide bonds. The Hall–Kier alpha value is -2.30. The van der Waals surface area contributed by atoms with Crippen molar-refractivity contribution >= 4 is 47.2 Å². The molecule has 0 spiro atoms. The molecule has 0 saturated carbocycles. The summed E-state index contributed by atoms with van der Waals surface area (Å²) in [5.74, 6) is -0.109. The highest BCUT2D eigenvalue weighted by molar-refractivity contribution is 7.19. The molecule has 0 unspecified atom stereocenters. The predicted octanol–water partition coefficient (Wildman–Crippen LogP) is 4.67. The van der Waals surface area contributed by atoms with Crippen LogP contribution in [0.3, 0.4) is 0 Å². The molecule has 2 heterocycles. The van der Waals surface area contributed by atoms with Gasteiger partial charge in [-0.25, -0.2) is 9.67 Å². The first-order valence-corrected chi connectivity index (χ1v) is 12.5. The van der Waals surface area contributed by atoms with Crippen LogP contribution in [-0.2, 0) is 4.79 Å². The molecule has 0 fully saturated rings. The Labute approximate surface area is 229 Å². The van der Waals surface area contributed by atoms with Crippen LogP contribution in [0.4, 0.5) is 5.13 Å². The SMILES string of the molecule is CCN(CC)CCN(C)CC(=O)Nc1nc(-c2ccccc2)c(-c2ccc(=O)n(C(C)C)n2)s1.Cl.Cl. The second-order valence-corrected chi connectivity index (χ2v) is 9.47. The molecule has 8 nitrogen and oxygen atoms in total. The van der Waals surface area contributed by atoms with Crippen molar-refractivity contribution in [2.75, 3.05) is 45.1 Å². The molecule has 1 aromatic carbocycles. The molecule has 11 heteroatoms. The minimum absolute atomic E-state index is 0. The van der Waals surface area contributed by atoms with Crippen molar-refractivity contribution in [3.63, 3.8) is 0 Å². The van der Waals surface area contributed by atoms with Crippen molar-refractivity contribution in [3.05, 3.63) is 52.8 Å². The van der Waals surface area contributed by atoms with E-state index in [1.165, 1.54) is 22.1 Å². The van der Waals surface area contributed by atoms with Crippen molar-refractivity contribution in [2.24, 2.45) is 0 Å². The quantitative estimate of drug-likeness (QED) is 0.370. The van der Waals surface area contributed by atoms with Gasteiger partial charge in [-0.2, -0.15) is 5.10 Å². The van der Waals surface area contributed by atoms with Crippen LogP contribution in [0.15, 0.2) is 47.3 Å². The third-order valence-corrected chi connectivity index (χ3v) is 6.57. The number of halogens is 2. The molecule has 0 saturated heterocycles. The van der Waals surface area contributed by atoms with Crippen LogP contribution in [0.1, 0.15) is 33.7 Å². The summed E-state index contributed by atoms with van der Waals surface area (Å²) in [4.78, 5) is 34.8. The average Bonchev–Trinajstić information content (AvgIpc) is 3.24. The monoisotopic (exact) mass is 554 g/mol. The van der Waals surface area contributed by atoms with Gasteiger partial charge in [0.25, 0.3) is 5.56 Å². The van der Waals surface area contributed by atoms with Crippen molar-refractivity contribution in [1.82, 2.24) is 24.6 Å². The molecule has 0 aliphatic heterocycles. The minimum Gasteiger partial charge on any atom is -0.303 e. The Morgan fingerprint density at radius 3 is 2.33 bits per heavy atom. The van der Waals surface area contributed by atoms with Gasteiger partial charge in [0.2, 0.25) is 5.91 Å². The van der Waals surface area contributed by atoms with E-state index in [1.807, 2.05) is 56.1 Å². The summed E-state index contributed by atoms with van der Waals surface area (Å²) in [5, 5.41) is 8.04. The summed E-state index contributed by atoms with van der Waals surface area (Å²) in [6.07, 6.45) is 0. The van der Waals surface area contributed by atoms with E-state index in [0.717, 1.165) is 42.3 Å². The number of hydrogen-bond acceptors (Lipinski definition) is 7. The van der Waals surface area contributed by atoms with E-state index in [-0.39, 0.29) is 48.9 Å². The third kappa shape index (κ3) is 8.38. The molecule has 1 N–H and O–H groups in total. The Morgan fingerprint density at radius 1 is 1.06 bits per heavy atom. The number of amides is 1. The molecular formula is C25H36Cl2N6O2S. The molecule has 2 aromatic heterocycles. The number of carbonyl (C=O) groups excluding carboxylic acids is 1. The van der Waals surface area contributed by atoms with Gasteiger partial charge in [0.15, 0.2) is 5.13 Å². The van der Waals surface area contributed by atoms with Gasteiger partial charge in [0, 0.05) is 24.7 Å². The maximum atomic E-state index is 12.7. The number of anilines is 1. The van der Waals surface area contributed by atoms with Crippen LogP contribution in [0.5, 0.6) is 0 Å². The van der Waals surface area contributed by atoms with Gasteiger partial charge in [-0.3, -0.25) is 14.5 Å². The number of nitrogens with one attached hydrogen (secondary N) is 1. The summed E-state index contributed by atoms with van der Waals surface area (Å²) in [7, 11) is 1.95. The van der Waals surface area contributed by atoms with Crippen molar-refractivity contribution in [2.45, 2.75) is 33.7 Å². The average molecular weight is 556 g/mol. The molecule has 0 aliphatic carbocycles. The first-order valence-electron chi connectivity index (χ1n) is 11.7. The molecule has 3 rings (SSSR count). The normalized spacial score (nSPS) is 10.9. The number of nitrogens with zero attached hydrogens (tertiary/aromatic N) is 5. The standard InChI is InChI=1S/C25H34N6O2S.2ClH/c1-6-30(7-2)16-15-29(5)17-21(32)26-25-27-23(19-11-9-8-10-12-19)24(34-25)20-13-14-22(33)31(28-20)18(3)4;;/h8-14,18H,6-7,15-17H2,1-5H3,(H,26,27,32);2*1H. The number of likely N-dealkylation sites (N-methyl/N-ethyl adjacent to an activating group) is 2. The molecule has 0 radical (unpaired) electrons. The summed E-state index contributed by atoms with van der Waals surface area (Å²) < 4.78 is 1.47. The zero-order valence-electron chi connectivity index (χ0n) is 21.4. The zero-order valence-corrected chi connectivity index (χ0v) is 23.9. The maximum absolute atomic E-state index is 12.7. The second kappa shape index (κ2) is 15.1. The fraction of sp³-hybridized carbons (Fsp3) is 0.440. The molecule has 36 heavy (non-hydrogen) atoms. The van der Waals surface area contributed by atoms with Crippen LogP contribution < -0.4 is 10.9 Å². The maximum Gasteiger partial charge on any atom is 0.267 e. The highest BCUT2D eigenvalue weighted by Crippen LogP contribution is 2.37. The van der Waals surface area contributed by atoms with Gasteiger partial charge in [-0.1, -0.05) is 55.5 Å². The van der Waals surface area contributed by atoms with E-state index in [9.17, 15) is 9.59 Å². The van der Waals surface area contributed by atoms with Gasteiger partial charge in [0.1, 0.15) is 5.69 Å². The second-order valence-electron chi connectivity index (χ2n) is 8.47. The highest BCUT2D eigenvalue weighted by atomic mass is 35.5. The Bertz CT molecular complexity index is 1150. The Kier molecular flexibility index (Phi) is 13.3. The van der Waals surface area contributed by atoms with E-state index in [0.29, 0.717) is 10.8 Å². The lowest BCUT2D eigenvalue weighted by atomic mass is 10.1. The lowest BCUT2D eigenvalue weighted by Gasteiger charge is -2.22. The Balaban J connectivity index is 0.00000324. The number of aromatic nitrogens is 3. The largest absolute Gasteiger partial charge is 0.303 e. The van der Waals surface area contributed by atoms with Crippen molar-refractivity contribution in [1.29, 1.82) is 0 Å². The predicted molar refractivity (Wildman–Crippen MR) is 154 cm³/mol. The van der Waals surface area contributed by atoms with Crippen molar-refractivity contribution in [3.8, 4) is 21.8 Å². The van der Waals surface area contributed by atoms with Gasteiger partial charge in [-0.15, -0.1) is 24.8 Å². The number of hydrogen-bond donors (Lipinski definition) is 1. The Morgan fingerprint density at radius 2 is 1.72 bits per heavy atom. The van der Waals surface area contributed by atoms with E-state index >= 15 is 0 Å². The van der Waals surface area contributed by atoms with Gasteiger partial charge in [0.05, 0.1) is 23.2 Å². The molecule has 3 aromatic rings. The van der Waals surface area contributed by atoms with Crippen LogP contribution in [0.2, 0.25) is 0 Å². The summed E-state index contributed by atoms with van der Waals surface area (Å²) in [6.45, 7) is 12.1. The van der Waals surface area contributed by atoms with Crippen LogP contribution in [0, 0.1) is 0 Å². The lowest BCUT2D eigenvalue weighted by molar-refractivity contribution is -0.117. The summed E-state index contributed by atoms with van der Waals surface area (Å²) in [5.41, 5.74) is 2.17. The van der Waals surface area contributed by atoms with Crippen LogP contribution in [0.25, 0.3) is 21.8 Å². The molecule has 198 valence electrons. The van der Waals surface area contributed by atoms with Gasteiger partial charge >= 0.3 is 0 Å². The van der Waals surface area contributed by atoms with Gasteiger partial charge in [-0.05, 0) is 40.1 Å². The number of carbonyl (C=O) groups is 1. The minimum atomic E-state index is -0.147. The number of thiazole rings is 1. The summed E-state index contributed by atoms with van der Waals surface area (Å²) >= 11 is 1.37. The van der Waals surface area contributed by atoms with E-state index < -0.39 is 0 Å². The topological polar surface area (TPSA) is 83.4 Å². The molecule has 0 bridgehead atoms. The number of rotatable bonds is 11. The van der Waals surface area contributed by atoms with E-state index in [4.69, 9.17) is 4.98 Å². The highest BCUT2D eigenvalue weighted by Gasteiger charge is 2.19. The third-order valence-electron chi connectivity index (χ3n) is 5.57. The van der Waals surface area contributed by atoms with E-state index in [1.54, 1.807) is 6.07 Å². The van der Waals surface area contributed by atoms with Crippen molar-refractivity contribution < 1.29 is 4.79 Å². The molecule has 0 aliphatic rings. The number of benzene rings is 1. The molecule has 0 atom stereocenters. The zero-order chi connectivity index (χ0) is 24.7. The fourth-order valence-electron chi connectivity index (χ4n) is 3.59. The first-order chi connectivity index (χ1) is 16.3. The summed E-state index contributed by atoms with van der Waals surface area (Å²) in [6, 6.07) is 13.0. The lowest BCUT2D eigenvalue weighted by Crippen LogP contribution is -2.37. The first kappa shape index (κ1) is 31.7. The van der Waals surface area contributed by atoms with Crippen LogP contribution >= 0.6 is 36.2 Å². The smallest absolute Gasteiger partial charge is 0.267 e. The van der Waals surface area contributed by atoms with E-state index in [2.05, 4.69) is 29.2 Å². The van der Waals surface area contributed by atoms with Gasteiger partial charge < -0.3 is 10.2 Å². The molecular weight excluding hydrogens is 519 g/mol. The van der Waals surface area contributed by atoms with Crippen LogP contribution in [-0.4, -0.2) is 70.2 Å².